The topological polar surface area (TPSA) is 72.2 Å². The smallest absolute Gasteiger partial charge is 0.271 e. The second kappa shape index (κ2) is 3.35. The molecule has 0 unspecified atom stereocenters. The van der Waals surface area contributed by atoms with Crippen LogP contribution in [-0.4, -0.2) is 8.42 Å². The molecule has 72 valence electrons. The number of hydrogen-bond acceptors (Lipinski definition) is 2. The van der Waals surface area contributed by atoms with Crippen LogP contribution in [-0.2, 0) is 10.2 Å². The normalized spacial score (nSPS) is 11.3. The summed E-state index contributed by atoms with van der Waals surface area (Å²) in [7, 11) is -3.66. The highest BCUT2D eigenvalue weighted by Crippen LogP contribution is 2.13. The third-order valence-electron chi connectivity index (χ3n) is 1.48. The molecule has 4 nitrogen and oxygen atoms in total. The average Bonchev–Trinajstić information content (AvgIpc) is 1.78. The molecule has 0 saturated carbocycles. The molecule has 0 aliphatic carbocycles. The van der Waals surface area contributed by atoms with Gasteiger partial charge in [0.1, 0.15) is 0 Å². The summed E-state index contributed by atoms with van der Waals surface area (Å²) in [4.78, 5) is 0. The Morgan fingerprint density at radius 3 is 2.00 bits per heavy atom. The molecular weight excluding hydrogens is 188 g/mol. The van der Waals surface area contributed by atoms with Crippen LogP contribution >= 0.6 is 0 Å². The highest BCUT2D eigenvalue weighted by Gasteiger charge is 2.02. The van der Waals surface area contributed by atoms with Gasteiger partial charge in [-0.25, -0.2) is 5.14 Å². The second-order valence-corrected chi connectivity index (χ2v) is 4.32. The van der Waals surface area contributed by atoms with Crippen LogP contribution in [0.25, 0.3) is 0 Å². The van der Waals surface area contributed by atoms with Crippen molar-refractivity contribution in [2.75, 3.05) is 4.72 Å². The van der Waals surface area contributed by atoms with Gasteiger partial charge in [0.25, 0.3) is 10.2 Å². The van der Waals surface area contributed by atoms with Gasteiger partial charge in [0.05, 0.1) is 5.69 Å². The van der Waals surface area contributed by atoms with Gasteiger partial charge in [0.15, 0.2) is 0 Å². The molecule has 0 amide bonds. The first-order chi connectivity index (χ1) is 5.87. The van der Waals surface area contributed by atoms with Crippen LogP contribution in [0.15, 0.2) is 18.2 Å². The number of nitrogens with one attached hydrogen (secondary N) is 1. The molecule has 0 aliphatic rings. The second-order valence-electron chi connectivity index (χ2n) is 3.02. The van der Waals surface area contributed by atoms with E-state index in [0.717, 1.165) is 11.1 Å². The highest BCUT2D eigenvalue weighted by molar-refractivity contribution is 7.90. The fourth-order valence-electron chi connectivity index (χ4n) is 1.20. The molecular formula is C8H12N2O2S. The molecule has 0 radical (unpaired) electrons. The van der Waals surface area contributed by atoms with E-state index in [9.17, 15) is 8.42 Å². The van der Waals surface area contributed by atoms with Gasteiger partial charge in [0.2, 0.25) is 0 Å². The van der Waals surface area contributed by atoms with Gasteiger partial charge in [0, 0.05) is 0 Å². The lowest BCUT2D eigenvalue weighted by Gasteiger charge is -2.05. The molecule has 3 N–H and O–H groups in total. The Morgan fingerprint density at radius 2 is 1.62 bits per heavy atom. The minimum Gasteiger partial charge on any atom is -0.271 e. The average molecular weight is 200 g/mol. The zero-order valence-corrected chi connectivity index (χ0v) is 8.35. The molecule has 0 saturated heterocycles. The minimum absolute atomic E-state index is 0.500. The molecule has 13 heavy (non-hydrogen) atoms. The molecule has 1 aromatic carbocycles. The van der Waals surface area contributed by atoms with E-state index < -0.39 is 10.2 Å². The summed E-state index contributed by atoms with van der Waals surface area (Å²) in [6.45, 7) is 3.78. The summed E-state index contributed by atoms with van der Waals surface area (Å²) in [6, 6.07) is 5.39. The van der Waals surface area contributed by atoms with Crippen LogP contribution in [0.5, 0.6) is 0 Å². The molecule has 0 atom stereocenters. The van der Waals surface area contributed by atoms with E-state index in [1.807, 2.05) is 19.9 Å². The monoisotopic (exact) mass is 200 g/mol. The van der Waals surface area contributed by atoms with Crippen molar-refractivity contribution in [1.82, 2.24) is 0 Å². The molecule has 1 aromatic rings. The summed E-state index contributed by atoms with van der Waals surface area (Å²) < 4.78 is 23.6. The zero-order chi connectivity index (χ0) is 10.1. The molecule has 0 aliphatic heterocycles. The predicted octanol–water partition coefficient (Wildman–Crippen LogP) is 0.919. The Labute approximate surface area is 77.9 Å². The van der Waals surface area contributed by atoms with E-state index in [-0.39, 0.29) is 0 Å². The Kier molecular flexibility index (Phi) is 2.58. The fourth-order valence-corrected chi connectivity index (χ4v) is 1.64. The first-order valence-electron chi connectivity index (χ1n) is 3.76. The predicted molar refractivity (Wildman–Crippen MR) is 52.6 cm³/mol. The van der Waals surface area contributed by atoms with Crippen LogP contribution < -0.4 is 9.86 Å². The van der Waals surface area contributed by atoms with Gasteiger partial charge in [-0.15, -0.1) is 0 Å². The number of benzene rings is 1. The maximum atomic E-state index is 10.7. The maximum absolute atomic E-state index is 10.7. The van der Waals surface area contributed by atoms with Gasteiger partial charge in [-0.05, 0) is 37.1 Å². The van der Waals surface area contributed by atoms with Crippen molar-refractivity contribution in [1.29, 1.82) is 0 Å². The van der Waals surface area contributed by atoms with Gasteiger partial charge < -0.3 is 0 Å². The van der Waals surface area contributed by atoms with Gasteiger partial charge >= 0.3 is 0 Å². The van der Waals surface area contributed by atoms with Crippen molar-refractivity contribution in [3.8, 4) is 0 Å². The summed E-state index contributed by atoms with van der Waals surface area (Å²) in [5.74, 6) is 0. The first-order valence-corrected chi connectivity index (χ1v) is 5.30. The van der Waals surface area contributed by atoms with Crippen molar-refractivity contribution >= 4 is 15.9 Å². The number of anilines is 1. The Bertz CT molecular complexity index is 392. The van der Waals surface area contributed by atoms with E-state index in [1.54, 1.807) is 12.1 Å². The molecule has 0 fully saturated rings. The third kappa shape index (κ3) is 3.43. The SMILES string of the molecule is Cc1cc(C)cc(NS(N)(=O)=O)c1. The van der Waals surface area contributed by atoms with Crippen LogP contribution in [0.4, 0.5) is 5.69 Å². The van der Waals surface area contributed by atoms with Crippen LogP contribution in [0.1, 0.15) is 11.1 Å². The highest BCUT2D eigenvalue weighted by atomic mass is 32.2. The number of hydrogen-bond donors (Lipinski definition) is 2. The van der Waals surface area contributed by atoms with Crippen molar-refractivity contribution in [3.63, 3.8) is 0 Å². The quantitative estimate of drug-likeness (QED) is 0.745. The van der Waals surface area contributed by atoms with E-state index in [2.05, 4.69) is 4.72 Å². The fraction of sp³-hybridized carbons (Fsp3) is 0.250. The standard InChI is InChI=1S/C8H12N2O2S/c1-6-3-7(2)5-8(4-6)10-13(9,11)12/h3-5,10H,1-2H3,(H2,9,11,12). The summed E-state index contributed by atoms with van der Waals surface area (Å²) in [5, 5.41) is 4.83. The molecule has 0 bridgehead atoms. The maximum Gasteiger partial charge on any atom is 0.296 e. The van der Waals surface area contributed by atoms with Crippen molar-refractivity contribution in [3.05, 3.63) is 29.3 Å². The van der Waals surface area contributed by atoms with Crippen molar-refractivity contribution in [2.24, 2.45) is 5.14 Å². The van der Waals surface area contributed by atoms with E-state index >= 15 is 0 Å². The van der Waals surface area contributed by atoms with Crippen molar-refractivity contribution < 1.29 is 8.42 Å². The van der Waals surface area contributed by atoms with Crippen LogP contribution in [0, 0.1) is 13.8 Å². The third-order valence-corrected chi connectivity index (χ3v) is 2.00. The molecule has 0 heterocycles. The Hall–Kier alpha value is -1.07. The lowest BCUT2D eigenvalue weighted by molar-refractivity contribution is 0.603. The van der Waals surface area contributed by atoms with Gasteiger partial charge in [-0.1, -0.05) is 6.07 Å². The molecule has 0 aromatic heterocycles. The van der Waals surface area contributed by atoms with Gasteiger partial charge in [-0.2, -0.15) is 8.42 Å². The van der Waals surface area contributed by atoms with Gasteiger partial charge in [-0.3, -0.25) is 4.72 Å². The molecule has 1 rings (SSSR count). The lowest BCUT2D eigenvalue weighted by Crippen LogP contribution is -2.21. The Morgan fingerprint density at radius 1 is 1.15 bits per heavy atom. The molecule has 5 heteroatoms. The molecule has 0 spiro atoms. The van der Waals surface area contributed by atoms with E-state index in [0.29, 0.717) is 5.69 Å². The minimum atomic E-state index is -3.66. The van der Waals surface area contributed by atoms with Crippen LogP contribution in [0.2, 0.25) is 0 Å². The van der Waals surface area contributed by atoms with E-state index in [4.69, 9.17) is 5.14 Å². The summed E-state index contributed by atoms with van der Waals surface area (Å²) in [5.41, 5.74) is 2.48. The summed E-state index contributed by atoms with van der Waals surface area (Å²) in [6.07, 6.45) is 0. The number of aryl methyl sites for hydroxylation is 2. The number of rotatable bonds is 2. The lowest BCUT2D eigenvalue weighted by atomic mass is 10.1. The first kappa shape index (κ1) is 10.0. The van der Waals surface area contributed by atoms with Crippen LogP contribution in [0.3, 0.4) is 0 Å². The Balaban J connectivity index is 3.03. The largest absolute Gasteiger partial charge is 0.296 e. The summed E-state index contributed by atoms with van der Waals surface area (Å²) >= 11 is 0. The zero-order valence-electron chi connectivity index (χ0n) is 7.53. The van der Waals surface area contributed by atoms with Crippen molar-refractivity contribution in [2.45, 2.75) is 13.8 Å². The van der Waals surface area contributed by atoms with E-state index in [1.165, 1.54) is 0 Å². The number of nitrogens with two attached hydrogens (primary N) is 1.